The van der Waals surface area contributed by atoms with Crippen molar-refractivity contribution in [2.45, 2.75) is 0 Å². The van der Waals surface area contributed by atoms with Crippen LogP contribution in [0.4, 0.5) is 0 Å². The Bertz CT molecular complexity index is 1000. The van der Waals surface area contributed by atoms with Crippen molar-refractivity contribution in [2.24, 2.45) is 0 Å². The predicted octanol–water partition coefficient (Wildman–Crippen LogP) is 6.38. The summed E-state index contributed by atoms with van der Waals surface area (Å²) >= 11 is 5.29. The lowest BCUT2D eigenvalue weighted by molar-refractivity contribution is 1.48. The van der Waals surface area contributed by atoms with Crippen molar-refractivity contribution in [3.63, 3.8) is 0 Å². The van der Waals surface area contributed by atoms with Crippen molar-refractivity contribution >= 4 is 60.4 Å². The first-order chi connectivity index (χ1) is 10.8. The quantitative estimate of drug-likeness (QED) is 0.401. The topological polar surface area (TPSA) is 12.9 Å². The number of benzene rings is 3. The summed E-state index contributed by atoms with van der Waals surface area (Å²) in [4.78, 5) is 4.80. The Kier molecular flexibility index (Phi) is 3.53. The molecular formula is C19H12BrNS. The molecule has 0 N–H and O–H groups in total. The highest BCUT2D eigenvalue weighted by atomic mass is 79.9. The lowest BCUT2D eigenvalue weighted by atomic mass is 10.1. The molecule has 4 aromatic rings. The Labute approximate surface area is 141 Å². The lowest BCUT2D eigenvalue weighted by Gasteiger charge is -1.96. The molecule has 106 valence electrons. The lowest BCUT2D eigenvalue weighted by Crippen LogP contribution is -1.76. The second-order valence-electron chi connectivity index (χ2n) is 5.04. The number of aromatic nitrogens is 1. The number of halogens is 1. The van der Waals surface area contributed by atoms with Gasteiger partial charge in [-0.15, -0.1) is 11.3 Å². The van der Waals surface area contributed by atoms with E-state index in [-0.39, 0.29) is 0 Å². The molecule has 0 aliphatic carbocycles. The van der Waals surface area contributed by atoms with Gasteiger partial charge < -0.3 is 0 Å². The molecule has 3 heteroatoms. The number of hydrogen-bond acceptors (Lipinski definition) is 2. The molecule has 0 aliphatic rings. The molecule has 22 heavy (non-hydrogen) atoms. The molecule has 0 unspecified atom stereocenters. The normalized spacial score (nSPS) is 11.7. The van der Waals surface area contributed by atoms with Gasteiger partial charge in [0.25, 0.3) is 0 Å². The molecule has 0 fully saturated rings. The maximum absolute atomic E-state index is 4.80. The molecule has 1 heterocycles. The van der Waals surface area contributed by atoms with E-state index in [0.29, 0.717) is 0 Å². The molecule has 0 atom stereocenters. The predicted molar refractivity (Wildman–Crippen MR) is 100 cm³/mol. The summed E-state index contributed by atoms with van der Waals surface area (Å²) in [6.45, 7) is 0. The van der Waals surface area contributed by atoms with Gasteiger partial charge in [0.15, 0.2) is 0 Å². The van der Waals surface area contributed by atoms with Crippen LogP contribution < -0.4 is 0 Å². The number of rotatable bonds is 2. The standard InChI is InChI=1S/C19H12BrNS/c20-16-8-4-2-6-14(16)10-12-18-21-19-15-7-3-1-5-13(15)9-11-17(19)22-18/h1-12H/b12-10+. The van der Waals surface area contributed by atoms with E-state index in [1.165, 1.54) is 15.5 Å². The van der Waals surface area contributed by atoms with Gasteiger partial charge >= 0.3 is 0 Å². The molecule has 1 aromatic heterocycles. The average Bonchev–Trinajstić information content (AvgIpc) is 2.98. The van der Waals surface area contributed by atoms with E-state index < -0.39 is 0 Å². The van der Waals surface area contributed by atoms with Crippen LogP contribution in [0.1, 0.15) is 10.6 Å². The zero-order chi connectivity index (χ0) is 14.9. The third-order valence-electron chi connectivity index (χ3n) is 3.61. The third-order valence-corrected chi connectivity index (χ3v) is 5.32. The summed E-state index contributed by atoms with van der Waals surface area (Å²) in [5.74, 6) is 0. The van der Waals surface area contributed by atoms with Gasteiger partial charge in [0, 0.05) is 9.86 Å². The Morgan fingerprint density at radius 3 is 2.59 bits per heavy atom. The molecule has 0 spiro atoms. The molecule has 3 aromatic carbocycles. The Morgan fingerprint density at radius 2 is 1.68 bits per heavy atom. The minimum atomic E-state index is 1.03. The second-order valence-corrected chi connectivity index (χ2v) is 6.96. The maximum atomic E-state index is 4.80. The molecule has 0 aliphatic heterocycles. The van der Waals surface area contributed by atoms with Crippen molar-refractivity contribution in [3.05, 3.63) is 75.7 Å². The molecule has 1 nitrogen and oxygen atoms in total. The summed E-state index contributed by atoms with van der Waals surface area (Å²) in [5.41, 5.74) is 2.25. The summed E-state index contributed by atoms with van der Waals surface area (Å²) < 4.78 is 2.32. The minimum Gasteiger partial charge on any atom is -0.236 e. The van der Waals surface area contributed by atoms with Gasteiger partial charge in [-0.05, 0) is 29.2 Å². The van der Waals surface area contributed by atoms with Crippen LogP contribution in [-0.2, 0) is 0 Å². The first-order valence-corrected chi connectivity index (χ1v) is 8.63. The van der Waals surface area contributed by atoms with Gasteiger partial charge in [-0.2, -0.15) is 0 Å². The molecule has 0 saturated carbocycles. The smallest absolute Gasteiger partial charge is 0.117 e. The van der Waals surface area contributed by atoms with E-state index in [9.17, 15) is 0 Å². The Hall–Kier alpha value is -1.97. The van der Waals surface area contributed by atoms with E-state index in [1.54, 1.807) is 11.3 Å². The van der Waals surface area contributed by atoms with Crippen LogP contribution in [0.15, 0.2) is 65.1 Å². The highest BCUT2D eigenvalue weighted by Crippen LogP contribution is 2.30. The van der Waals surface area contributed by atoms with Crippen molar-refractivity contribution in [1.29, 1.82) is 0 Å². The van der Waals surface area contributed by atoms with Gasteiger partial charge in [0.05, 0.1) is 10.2 Å². The van der Waals surface area contributed by atoms with E-state index in [1.807, 2.05) is 18.2 Å². The number of fused-ring (bicyclic) bond motifs is 3. The fraction of sp³-hybridized carbons (Fsp3) is 0. The molecule has 0 saturated heterocycles. The Balaban J connectivity index is 1.80. The van der Waals surface area contributed by atoms with Crippen molar-refractivity contribution in [1.82, 2.24) is 4.98 Å². The van der Waals surface area contributed by atoms with E-state index >= 15 is 0 Å². The number of hydrogen-bond donors (Lipinski definition) is 0. The Morgan fingerprint density at radius 1 is 0.864 bits per heavy atom. The van der Waals surface area contributed by atoms with Crippen molar-refractivity contribution in [2.75, 3.05) is 0 Å². The van der Waals surface area contributed by atoms with Crippen LogP contribution in [0.5, 0.6) is 0 Å². The van der Waals surface area contributed by atoms with Crippen LogP contribution in [0.25, 0.3) is 33.1 Å². The van der Waals surface area contributed by atoms with Crippen LogP contribution in [-0.4, -0.2) is 4.98 Å². The first-order valence-electron chi connectivity index (χ1n) is 7.02. The van der Waals surface area contributed by atoms with Crippen molar-refractivity contribution < 1.29 is 0 Å². The van der Waals surface area contributed by atoms with Gasteiger partial charge in [-0.3, -0.25) is 0 Å². The largest absolute Gasteiger partial charge is 0.236 e. The molecule has 0 radical (unpaired) electrons. The fourth-order valence-corrected chi connectivity index (χ4v) is 3.82. The van der Waals surface area contributed by atoms with Crippen LogP contribution in [0.2, 0.25) is 0 Å². The van der Waals surface area contributed by atoms with Crippen molar-refractivity contribution in [3.8, 4) is 0 Å². The molecular weight excluding hydrogens is 354 g/mol. The molecule has 0 amide bonds. The van der Waals surface area contributed by atoms with E-state index in [0.717, 1.165) is 20.6 Å². The minimum absolute atomic E-state index is 1.03. The molecule has 4 rings (SSSR count). The van der Waals surface area contributed by atoms with Gasteiger partial charge in [-0.1, -0.05) is 70.5 Å². The van der Waals surface area contributed by atoms with Crippen LogP contribution in [0, 0.1) is 0 Å². The number of thiazole rings is 1. The summed E-state index contributed by atoms with van der Waals surface area (Å²) in [7, 11) is 0. The summed E-state index contributed by atoms with van der Waals surface area (Å²) in [5, 5.41) is 3.49. The van der Waals surface area contributed by atoms with E-state index in [4.69, 9.17) is 4.98 Å². The molecule has 0 bridgehead atoms. The highest BCUT2D eigenvalue weighted by Gasteiger charge is 2.05. The monoisotopic (exact) mass is 365 g/mol. The second kappa shape index (κ2) is 5.67. The van der Waals surface area contributed by atoms with Gasteiger partial charge in [0.1, 0.15) is 5.01 Å². The average molecular weight is 366 g/mol. The SMILES string of the molecule is Brc1ccccc1/C=C/c1nc2c(ccc3ccccc32)s1. The maximum Gasteiger partial charge on any atom is 0.117 e. The zero-order valence-corrected chi connectivity index (χ0v) is 14.1. The summed E-state index contributed by atoms with van der Waals surface area (Å²) in [6.07, 6.45) is 4.18. The first kappa shape index (κ1) is 13.7. The number of nitrogens with zero attached hydrogens (tertiary/aromatic N) is 1. The highest BCUT2D eigenvalue weighted by molar-refractivity contribution is 9.10. The fourth-order valence-electron chi connectivity index (χ4n) is 2.52. The van der Waals surface area contributed by atoms with Crippen LogP contribution in [0.3, 0.4) is 0 Å². The summed E-state index contributed by atoms with van der Waals surface area (Å²) in [6, 6.07) is 20.9. The zero-order valence-electron chi connectivity index (χ0n) is 11.7. The third kappa shape index (κ3) is 2.47. The van der Waals surface area contributed by atoms with Gasteiger partial charge in [0.2, 0.25) is 0 Å². The van der Waals surface area contributed by atoms with Crippen LogP contribution >= 0.6 is 27.3 Å². The van der Waals surface area contributed by atoms with E-state index in [2.05, 4.69) is 70.5 Å². The van der Waals surface area contributed by atoms with Gasteiger partial charge in [-0.25, -0.2) is 4.98 Å².